The van der Waals surface area contributed by atoms with E-state index < -0.39 is 47.4 Å². The number of hydrogen-bond donors (Lipinski definition) is 4. The number of aliphatic hydroxyl groups is 4. The quantitative estimate of drug-likeness (QED) is 0.524. The molecule has 2 aromatic carbocycles. The van der Waals surface area contributed by atoms with Crippen molar-refractivity contribution >= 4 is 11.6 Å². The lowest BCUT2D eigenvalue weighted by atomic mass is 9.81. The molecule has 0 aliphatic carbocycles. The van der Waals surface area contributed by atoms with E-state index in [1.165, 1.54) is 44.4 Å². The Balaban J connectivity index is 1.74. The van der Waals surface area contributed by atoms with Gasteiger partial charge in [0, 0.05) is 17.0 Å². The Bertz CT molecular complexity index is 1040. The maximum absolute atomic E-state index is 14.5. The van der Waals surface area contributed by atoms with E-state index in [0.717, 1.165) is 0 Å². The molecule has 2 aliphatic rings. The molecule has 2 fully saturated rings. The van der Waals surface area contributed by atoms with Gasteiger partial charge in [0.25, 0.3) is 0 Å². The Kier molecular flexibility index (Phi) is 5.96. The highest BCUT2D eigenvalue weighted by atomic mass is 35.5. The molecule has 2 saturated heterocycles. The van der Waals surface area contributed by atoms with Crippen LogP contribution in [-0.2, 0) is 21.7 Å². The standard InChI is InChI=1S/C22H23ClF2O7/c1-10(26)21-9-31-22(32-21,20(29)18(27)19(21)28)13-4-5-14(23)12(8-13)7-11-3-6-15(30-2)17(25)16(11)24/h3-6,8,10,18-20,26-29H,7,9H2,1-2H3/t10-,18-,19-,20+,21+,22-/m0/s1. The molecule has 6 atom stereocenters. The average Bonchev–Trinajstić information content (AvgIpc) is 3.17. The number of fused-ring (bicyclic) bond motifs is 2. The second kappa shape index (κ2) is 8.18. The highest BCUT2D eigenvalue weighted by molar-refractivity contribution is 6.31. The van der Waals surface area contributed by atoms with E-state index in [0.29, 0.717) is 5.56 Å². The van der Waals surface area contributed by atoms with Crippen LogP contribution < -0.4 is 4.74 Å². The van der Waals surface area contributed by atoms with Crippen LogP contribution in [0.2, 0.25) is 5.02 Å². The van der Waals surface area contributed by atoms with Crippen LogP contribution in [-0.4, -0.2) is 64.2 Å². The number of ether oxygens (including phenoxy) is 3. The molecule has 2 heterocycles. The first-order valence-electron chi connectivity index (χ1n) is 9.93. The first-order valence-corrected chi connectivity index (χ1v) is 10.3. The summed E-state index contributed by atoms with van der Waals surface area (Å²) in [6.45, 7) is 1.08. The Morgan fingerprint density at radius 2 is 1.84 bits per heavy atom. The van der Waals surface area contributed by atoms with E-state index in [-0.39, 0.29) is 34.9 Å². The van der Waals surface area contributed by atoms with Crippen molar-refractivity contribution in [3.63, 3.8) is 0 Å². The van der Waals surface area contributed by atoms with Crippen molar-refractivity contribution in [1.82, 2.24) is 0 Å². The molecule has 0 unspecified atom stereocenters. The van der Waals surface area contributed by atoms with Gasteiger partial charge in [-0.3, -0.25) is 0 Å². The van der Waals surface area contributed by atoms with E-state index in [9.17, 15) is 29.2 Å². The van der Waals surface area contributed by atoms with Gasteiger partial charge < -0.3 is 34.6 Å². The van der Waals surface area contributed by atoms with Crippen molar-refractivity contribution in [1.29, 1.82) is 0 Å². The molecule has 4 N–H and O–H groups in total. The molecule has 0 radical (unpaired) electrons. The number of hydrogen-bond acceptors (Lipinski definition) is 7. The van der Waals surface area contributed by atoms with Crippen molar-refractivity contribution < 1.29 is 43.4 Å². The third-order valence-electron chi connectivity index (χ3n) is 6.27. The van der Waals surface area contributed by atoms with Crippen LogP contribution in [0.1, 0.15) is 23.6 Å². The van der Waals surface area contributed by atoms with Gasteiger partial charge in [0.05, 0.1) is 19.8 Å². The first kappa shape index (κ1) is 23.3. The molecule has 2 aromatic rings. The van der Waals surface area contributed by atoms with Gasteiger partial charge in [0.2, 0.25) is 11.6 Å². The van der Waals surface area contributed by atoms with Crippen LogP contribution >= 0.6 is 11.6 Å². The summed E-state index contributed by atoms with van der Waals surface area (Å²) in [4.78, 5) is 0. The summed E-state index contributed by atoms with van der Waals surface area (Å²) >= 11 is 6.29. The third kappa shape index (κ3) is 3.31. The Morgan fingerprint density at radius 1 is 1.12 bits per heavy atom. The fourth-order valence-electron chi connectivity index (χ4n) is 4.30. The fraction of sp³-hybridized carbons (Fsp3) is 0.455. The molecule has 0 amide bonds. The molecular weight excluding hydrogens is 450 g/mol. The zero-order valence-electron chi connectivity index (χ0n) is 17.3. The van der Waals surface area contributed by atoms with Crippen LogP contribution in [0.15, 0.2) is 30.3 Å². The molecule has 0 saturated carbocycles. The number of halogens is 3. The summed E-state index contributed by atoms with van der Waals surface area (Å²) in [5, 5.41) is 42.1. The van der Waals surface area contributed by atoms with Gasteiger partial charge in [-0.15, -0.1) is 0 Å². The maximum Gasteiger partial charge on any atom is 0.225 e. The molecule has 2 bridgehead atoms. The summed E-state index contributed by atoms with van der Waals surface area (Å²) in [5.74, 6) is -4.34. The van der Waals surface area contributed by atoms with Gasteiger partial charge in [-0.25, -0.2) is 4.39 Å². The van der Waals surface area contributed by atoms with Crippen LogP contribution in [0.25, 0.3) is 0 Å². The molecule has 7 nitrogen and oxygen atoms in total. The molecule has 10 heteroatoms. The minimum absolute atomic E-state index is 0.0195. The normalized spacial score (nSPS) is 32.7. The Hall–Kier alpha value is -1.85. The number of methoxy groups -OCH3 is 1. The number of aliphatic hydroxyl groups excluding tert-OH is 4. The number of benzene rings is 2. The minimum atomic E-state index is -1.90. The van der Waals surface area contributed by atoms with Crippen LogP contribution in [0.4, 0.5) is 8.78 Å². The first-order chi connectivity index (χ1) is 15.1. The summed E-state index contributed by atoms with van der Waals surface area (Å²) in [5.41, 5.74) is -1.04. The lowest BCUT2D eigenvalue weighted by molar-refractivity contribution is -0.336. The molecular formula is C22H23ClF2O7. The zero-order chi connectivity index (χ0) is 23.4. The van der Waals surface area contributed by atoms with E-state index >= 15 is 0 Å². The summed E-state index contributed by atoms with van der Waals surface area (Å²) < 4.78 is 45.0. The molecule has 4 rings (SSSR count). The fourth-order valence-corrected chi connectivity index (χ4v) is 4.49. The minimum Gasteiger partial charge on any atom is -0.494 e. The average molecular weight is 473 g/mol. The Labute approximate surface area is 187 Å². The van der Waals surface area contributed by atoms with Gasteiger partial charge >= 0.3 is 0 Å². The lowest BCUT2D eigenvalue weighted by Gasteiger charge is -2.47. The second-order valence-electron chi connectivity index (χ2n) is 8.11. The van der Waals surface area contributed by atoms with Gasteiger partial charge in [-0.05, 0) is 36.2 Å². The molecule has 174 valence electrons. The Morgan fingerprint density at radius 3 is 2.50 bits per heavy atom. The second-order valence-corrected chi connectivity index (χ2v) is 8.51. The summed E-state index contributed by atoms with van der Waals surface area (Å²) in [6.07, 6.45) is -6.30. The van der Waals surface area contributed by atoms with Gasteiger partial charge in [0.15, 0.2) is 11.6 Å². The zero-order valence-corrected chi connectivity index (χ0v) is 18.0. The molecule has 0 aromatic heterocycles. The number of rotatable bonds is 5. The predicted octanol–water partition coefficient (Wildman–Crippen LogP) is 1.63. The molecule has 0 spiro atoms. The smallest absolute Gasteiger partial charge is 0.225 e. The van der Waals surface area contributed by atoms with Crippen molar-refractivity contribution in [2.75, 3.05) is 13.7 Å². The summed E-state index contributed by atoms with van der Waals surface area (Å²) in [6, 6.07) is 7.11. The monoisotopic (exact) mass is 472 g/mol. The van der Waals surface area contributed by atoms with Crippen LogP contribution in [0.3, 0.4) is 0 Å². The summed E-state index contributed by atoms with van der Waals surface area (Å²) in [7, 11) is 1.23. The van der Waals surface area contributed by atoms with Gasteiger partial charge in [-0.2, -0.15) is 4.39 Å². The van der Waals surface area contributed by atoms with Gasteiger partial charge in [-0.1, -0.05) is 23.7 Å². The van der Waals surface area contributed by atoms with Crippen molar-refractivity contribution in [2.24, 2.45) is 0 Å². The molecule has 32 heavy (non-hydrogen) atoms. The highest BCUT2D eigenvalue weighted by Gasteiger charge is 2.68. The van der Waals surface area contributed by atoms with E-state index in [1.54, 1.807) is 0 Å². The van der Waals surface area contributed by atoms with E-state index in [4.69, 9.17) is 25.8 Å². The largest absolute Gasteiger partial charge is 0.494 e. The predicted molar refractivity (Wildman–Crippen MR) is 108 cm³/mol. The van der Waals surface area contributed by atoms with Crippen molar-refractivity contribution in [3.8, 4) is 5.75 Å². The lowest BCUT2D eigenvalue weighted by Crippen LogP contribution is -2.67. The van der Waals surface area contributed by atoms with Gasteiger partial charge in [0.1, 0.15) is 23.9 Å². The maximum atomic E-state index is 14.5. The topological polar surface area (TPSA) is 109 Å². The third-order valence-corrected chi connectivity index (χ3v) is 6.64. The van der Waals surface area contributed by atoms with Crippen LogP contribution in [0.5, 0.6) is 5.75 Å². The molecule has 2 aliphatic heterocycles. The van der Waals surface area contributed by atoms with Crippen molar-refractivity contribution in [2.45, 2.75) is 49.1 Å². The SMILES string of the molecule is COc1ccc(Cc2cc([C@]34OC[C@]([C@H](C)O)(O3)[C@@H](O)[C@H](O)[C@H]4O)ccc2Cl)c(F)c1F. The highest BCUT2D eigenvalue weighted by Crippen LogP contribution is 2.51. The van der Waals surface area contributed by atoms with E-state index in [2.05, 4.69) is 0 Å². The van der Waals surface area contributed by atoms with Crippen LogP contribution in [0, 0.1) is 11.6 Å². The van der Waals surface area contributed by atoms with Crippen molar-refractivity contribution in [3.05, 3.63) is 63.7 Å². The van der Waals surface area contributed by atoms with E-state index in [1.807, 2.05) is 0 Å².